The predicted octanol–water partition coefficient (Wildman–Crippen LogP) is -0.360. The number of amides is 1. The zero-order valence-electron chi connectivity index (χ0n) is 9.71. The lowest BCUT2D eigenvalue weighted by Crippen LogP contribution is -2.35. The summed E-state index contributed by atoms with van der Waals surface area (Å²) >= 11 is 0. The van der Waals surface area contributed by atoms with Crippen molar-refractivity contribution in [2.24, 2.45) is 7.05 Å². The van der Waals surface area contributed by atoms with Crippen molar-refractivity contribution < 1.29 is 19.4 Å². The van der Waals surface area contributed by atoms with Crippen molar-refractivity contribution in [3.63, 3.8) is 0 Å². The molecule has 1 rings (SSSR count). The zero-order chi connectivity index (χ0) is 12.8. The molecule has 1 atom stereocenters. The van der Waals surface area contributed by atoms with Crippen molar-refractivity contribution in [2.75, 3.05) is 13.7 Å². The fraction of sp³-hybridized carbons (Fsp3) is 0.500. The highest BCUT2D eigenvalue weighted by Gasteiger charge is 2.15. The molecular weight excluding hydrogens is 226 g/mol. The molecule has 94 valence electrons. The molecule has 0 fully saturated rings. The maximum Gasteiger partial charge on any atom is 0.306 e. The highest BCUT2D eigenvalue weighted by atomic mass is 16.5. The van der Waals surface area contributed by atoms with Crippen molar-refractivity contribution in [3.05, 3.63) is 18.0 Å². The summed E-state index contributed by atoms with van der Waals surface area (Å²) in [6, 6.07) is 1.58. The van der Waals surface area contributed by atoms with Crippen LogP contribution in [0.5, 0.6) is 0 Å². The van der Waals surface area contributed by atoms with Crippen molar-refractivity contribution in [1.29, 1.82) is 0 Å². The summed E-state index contributed by atoms with van der Waals surface area (Å²) in [7, 11) is 3.06. The molecule has 7 nitrogen and oxygen atoms in total. The number of carbonyl (C=O) groups is 2. The smallest absolute Gasteiger partial charge is 0.306 e. The molecule has 1 heterocycles. The highest BCUT2D eigenvalue weighted by molar-refractivity contribution is 5.92. The molecule has 0 aliphatic carbocycles. The van der Waals surface area contributed by atoms with Gasteiger partial charge in [0, 0.05) is 26.9 Å². The molecule has 0 radical (unpaired) electrons. The second-order valence-electron chi connectivity index (χ2n) is 3.51. The van der Waals surface area contributed by atoms with E-state index in [4.69, 9.17) is 9.84 Å². The van der Waals surface area contributed by atoms with Crippen molar-refractivity contribution >= 4 is 11.9 Å². The Hall–Kier alpha value is -1.89. The lowest BCUT2D eigenvalue weighted by atomic mass is 10.2. The topological polar surface area (TPSA) is 93.5 Å². The molecule has 1 aromatic heterocycles. The van der Waals surface area contributed by atoms with E-state index in [1.165, 1.54) is 18.0 Å². The Morgan fingerprint density at radius 2 is 2.35 bits per heavy atom. The van der Waals surface area contributed by atoms with E-state index in [-0.39, 0.29) is 18.9 Å². The monoisotopic (exact) mass is 241 g/mol. The van der Waals surface area contributed by atoms with Gasteiger partial charge in [-0.3, -0.25) is 14.3 Å². The molecular formula is C10H15N3O4. The summed E-state index contributed by atoms with van der Waals surface area (Å²) < 4.78 is 6.38. The van der Waals surface area contributed by atoms with E-state index in [0.717, 1.165) is 0 Å². The summed E-state index contributed by atoms with van der Waals surface area (Å²) in [6.07, 6.45) is 0.826. The normalized spacial score (nSPS) is 12.1. The molecule has 0 bridgehead atoms. The minimum Gasteiger partial charge on any atom is -0.481 e. The van der Waals surface area contributed by atoms with Crippen LogP contribution in [0.4, 0.5) is 0 Å². The Labute approximate surface area is 98.4 Å². The fourth-order valence-corrected chi connectivity index (χ4v) is 1.33. The van der Waals surface area contributed by atoms with Gasteiger partial charge in [-0.15, -0.1) is 0 Å². The number of nitrogens with zero attached hydrogens (tertiary/aromatic N) is 2. The summed E-state index contributed by atoms with van der Waals surface area (Å²) in [5, 5.41) is 15.1. The van der Waals surface area contributed by atoms with Gasteiger partial charge in [0.15, 0.2) is 0 Å². The molecule has 0 spiro atoms. The third-order valence-corrected chi connectivity index (χ3v) is 2.28. The first kappa shape index (κ1) is 13.2. The van der Waals surface area contributed by atoms with Gasteiger partial charge >= 0.3 is 5.97 Å². The number of ether oxygens (including phenoxy) is 1. The first-order chi connectivity index (χ1) is 8.04. The molecule has 0 aromatic carbocycles. The van der Waals surface area contributed by atoms with E-state index in [9.17, 15) is 9.59 Å². The number of methoxy groups -OCH3 is 1. The van der Waals surface area contributed by atoms with Gasteiger partial charge < -0.3 is 15.2 Å². The van der Waals surface area contributed by atoms with Crippen LogP contribution in [-0.4, -0.2) is 46.5 Å². The largest absolute Gasteiger partial charge is 0.481 e. The SMILES string of the molecule is COC(CNC(=O)c1ccnn1C)CC(=O)O. The molecule has 0 aliphatic heterocycles. The number of nitrogens with one attached hydrogen (secondary N) is 1. The second-order valence-corrected chi connectivity index (χ2v) is 3.51. The van der Waals surface area contributed by atoms with Crippen LogP contribution in [0, 0.1) is 0 Å². The second kappa shape index (κ2) is 6.00. The van der Waals surface area contributed by atoms with Crippen LogP contribution in [0.25, 0.3) is 0 Å². The number of aromatic nitrogens is 2. The highest BCUT2D eigenvalue weighted by Crippen LogP contribution is 1.99. The Morgan fingerprint density at radius 3 is 2.82 bits per heavy atom. The van der Waals surface area contributed by atoms with Crippen molar-refractivity contribution in [1.82, 2.24) is 15.1 Å². The molecule has 0 saturated heterocycles. The summed E-state index contributed by atoms with van der Waals surface area (Å²) in [5.74, 6) is -1.27. The van der Waals surface area contributed by atoms with Crippen molar-refractivity contribution in [3.8, 4) is 0 Å². The Kier molecular flexibility index (Phi) is 4.65. The standard InChI is InChI=1S/C10H15N3O4/c1-13-8(3-4-12-13)10(16)11-6-7(17-2)5-9(14)15/h3-4,7H,5-6H2,1-2H3,(H,11,16)(H,14,15). The van der Waals surface area contributed by atoms with Crippen LogP contribution in [0.1, 0.15) is 16.9 Å². The van der Waals surface area contributed by atoms with Crippen LogP contribution in [0.2, 0.25) is 0 Å². The van der Waals surface area contributed by atoms with Crippen LogP contribution >= 0.6 is 0 Å². The van der Waals surface area contributed by atoms with Crippen LogP contribution in [0.3, 0.4) is 0 Å². The molecule has 2 N–H and O–H groups in total. The molecule has 17 heavy (non-hydrogen) atoms. The average molecular weight is 241 g/mol. The molecule has 7 heteroatoms. The number of aryl methyl sites for hydroxylation is 1. The lowest BCUT2D eigenvalue weighted by molar-refractivity contribution is -0.139. The number of hydrogen-bond donors (Lipinski definition) is 2. The number of carbonyl (C=O) groups excluding carboxylic acids is 1. The fourth-order valence-electron chi connectivity index (χ4n) is 1.33. The van der Waals surface area contributed by atoms with Gasteiger partial charge in [-0.05, 0) is 6.07 Å². The van der Waals surface area contributed by atoms with E-state index in [0.29, 0.717) is 5.69 Å². The summed E-state index contributed by atoms with van der Waals surface area (Å²) in [5.41, 5.74) is 0.412. The zero-order valence-corrected chi connectivity index (χ0v) is 9.71. The maximum atomic E-state index is 11.7. The summed E-state index contributed by atoms with van der Waals surface area (Å²) in [6.45, 7) is 0.146. The number of carboxylic acids is 1. The molecule has 1 unspecified atom stereocenters. The lowest BCUT2D eigenvalue weighted by Gasteiger charge is -2.13. The van der Waals surface area contributed by atoms with E-state index in [2.05, 4.69) is 10.4 Å². The molecule has 0 aliphatic rings. The van der Waals surface area contributed by atoms with E-state index >= 15 is 0 Å². The third-order valence-electron chi connectivity index (χ3n) is 2.28. The third kappa shape index (κ3) is 3.87. The molecule has 1 amide bonds. The molecule has 1 aromatic rings. The molecule has 0 saturated carbocycles. The number of rotatable bonds is 6. The number of hydrogen-bond acceptors (Lipinski definition) is 4. The predicted molar refractivity (Wildman–Crippen MR) is 58.6 cm³/mol. The summed E-state index contributed by atoms with van der Waals surface area (Å²) in [4.78, 5) is 22.1. The maximum absolute atomic E-state index is 11.7. The number of aliphatic carboxylic acids is 1. The van der Waals surface area contributed by atoms with E-state index < -0.39 is 12.1 Å². The van der Waals surface area contributed by atoms with Gasteiger partial charge in [-0.25, -0.2) is 0 Å². The van der Waals surface area contributed by atoms with Crippen LogP contribution in [0.15, 0.2) is 12.3 Å². The van der Waals surface area contributed by atoms with Crippen LogP contribution < -0.4 is 5.32 Å². The van der Waals surface area contributed by atoms with Gasteiger partial charge in [0.25, 0.3) is 5.91 Å². The first-order valence-electron chi connectivity index (χ1n) is 5.05. The average Bonchev–Trinajstić information content (AvgIpc) is 2.69. The quantitative estimate of drug-likeness (QED) is 0.709. The minimum atomic E-state index is -0.966. The van der Waals surface area contributed by atoms with Gasteiger partial charge in [0.2, 0.25) is 0 Å². The Morgan fingerprint density at radius 1 is 1.65 bits per heavy atom. The number of carboxylic acid groups (broad SMARTS) is 1. The van der Waals surface area contributed by atoms with Gasteiger partial charge in [-0.1, -0.05) is 0 Å². The van der Waals surface area contributed by atoms with Crippen molar-refractivity contribution in [2.45, 2.75) is 12.5 Å². The van der Waals surface area contributed by atoms with E-state index in [1.54, 1.807) is 13.1 Å². The van der Waals surface area contributed by atoms with E-state index in [1.807, 2.05) is 0 Å². The Balaban J connectivity index is 2.47. The van der Waals surface area contributed by atoms with Gasteiger partial charge in [-0.2, -0.15) is 5.10 Å². The van der Waals surface area contributed by atoms with Crippen LogP contribution in [-0.2, 0) is 16.6 Å². The first-order valence-corrected chi connectivity index (χ1v) is 5.05. The van der Waals surface area contributed by atoms with Gasteiger partial charge in [0.05, 0.1) is 12.5 Å². The minimum absolute atomic E-state index is 0.146. The Bertz CT molecular complexity index is 402. The van der Waals surface area contributed by atoms with Gasteiger partial charge in [0.1, 0.15) is 5.69 Å².